The van der Waals surface area contributed by atoms with Crippen LogP contribution >= 0.6 is 0 Å². The molecular formula is C8H15N5O. The molecule has 1 heterocycles. The quantitative estimate of drug-likeness (QED) is 0.681. The van der Waals surface area contributed by atoms with Crippen LogP contribution < -0.4 is 11.1 Å². The third-order valence-corrected chi connectivity index (χ3v) is 1.94. The van der Waals surface area contributed by atoms with E-state index < -0.39 is 0 Å². The predicted molar refractivity (Wildman–Crippen MR) is 52.4 cm³/mol. The van der Waals surface area contributed by atoms with Gasteiger partial charge in [0.05, 0.1) is 0 Å². The molecule has 14 heavy (non-hydrogen) atoms. The van der Waals surface area contributed by atoms with Crippen molar-refractivity contribution in [3.63, 3.8) is 0 Å². The molecule has 1 rings (SSSR count). The van der Waals surface area contributed by atoms with Crippen molar-refractivity contribution in [1.29, 1.82) is 0 Å². The number of nitrogens with one attached hydrogen (secondary N) is 1. The Morgan fingerprint density at radius 2 is 2.29 bits per heavy atom. The fraction of sp³-hybridized carbons (Fsp3) is 0.625. The first-order valence-corrected chi connectivity index (χ1v) is 4.41. The van der Waals surface area contributed by atoms with Crippen LogP contribution in [0.1, 0.15) is 19.7 Å². The zero-order valence-electron chi connectivity index (χ0n) is 8.61. The Bertz CT molecular complexity index is 332. The first kappa shape index (κ1) is 10.5. The minimum atomic E-state index is -0.0485. The van der Waals surface area contributed by atoms with Crippen LogP contribution in [0, 0.1) is 0 Å². The highest BCUT2D eigenvalue weighted by molar-refractivity contribution is 5.73. The first-order valence-electron chi connectivity index (χ1n) is 4.41. The number of nitrogens with two attached hydrogens (primary N) is 1. The van der Waals surface area contributed by atoms with Gasteiger partial charge in [-0.3, -0.25) is 4.79 Å². The van der Waals surface area contributed by atoms with Gasteiger partial charge in [-0.25, -0.2) is 0 Å². The number of nitrogens with zero attached hydrogens (tertiary/aromatic N) is 3. The lowest BCUT2D eigenvalue weighted by Gasteiger charge is -2.11. The summed E-state index contributed by atoms with van der Waals surface area (Å²) in [4.78, 5) is 10.8. The van der Waals surface area contributed by atoms with Crippen molar-refractivity contribution in [2.45, 2.75) is 26.3 Å². The van der Waals surface area contributed by atoms with Crippen LogP contribution in [0.2, 0.25) is 0 Å². The number of carbonyl (C=O) groups is 1. The Labute approximate surface area is 82.5 Å². The number of hydrogen-bond donors (Lipinski definition) is 2. The number of anilines is 1. The second-order valence-electron chi connectivity index (χ2n) is 3.34. The number of aromatic nitrogens is 3. The molecule has 0 aliphatic rings. The van der Waals surface area contributed by atoms with Gasteiger partial charge in [-0.05, 0) is 6.92 Å². The molecule has 3 N–H and O–H groups in total. The van der Waals surface area contributed by atoms with Crippen LogP contribution in [-0.4, -0.2) is 26.7 Å². The van der Waals surface area contributed by atoms with E-state index in [-0.39, 0.29) is 11.9 Å². The monoisotopic (exact) mass is 197 g/mol. The molecule has 6 heteroatoms. The van der Waals surface area contributed by atoms with Gasteiger partial charge in [-0.1, -0.05) is 0 Å². The number of rotatable bonds is 3. The molecule has 0 saturated carbocycles. The van der Waals surface area contributed by atoms with Gasteiger partial charge in [0.15, 0.2) is 0 Å². The summed E-state index contributed by atoms with van der Waals surface area (Å²) in [5.41, 5.74) is 5.52. The minimum Gasteiger partial charge on any atom is -0.368 e. The summed E-state index contributed by atoms with van der Waals surface area (Å²) in [7, 11) is 1.80. The third kappa shape index (κ3) is 2.45. The second-order valence-corrected chi connectivity index (χ2v) is 3.34. The van der Waals surface area contributed by atoms with E-state index in [4.69, 9.17) is 5.73 Å². The largest absolute Gasteiger partial charge is 0.368 e. The molecule has 6 nitrogen and oxygen atoms in total. The van der Waals surface area contributed by atoms with Gasteiger partial charge >= 0.3 is 0 Å². The number of hydrogen-bond acceptors (Lipinski definition) is 4. The van der Waals surface area contributed by atoms with Gasteiger partial charge in [0, 0.05) is 26.4 Å². The van der Waals surface area contributed by atoms with Crippen LogP contribution in [0.4, 0.5) is 5.95 Å². The van der Waals surface area contributed by atoms with E-state index in [1.165, 1.54) is 6.92 Å². The van der Waals surface area contributed by atoms with E-state index in [1.54, 1.807) is 11.6 Å². The molecule has 0 radical (unpaired) electrons. The average molecular weight is 197 g/mol. The Morgan fingerprint density at radius 1 is 1.64 bits per heavy atom. The summed E-state index contributed by atoms with van der Waals surface area (Å²) in [5.74, 6) is 1.10. The molecule has 78 valence electrons. The summed E-state index contributed by atoms with van der Waals surface area (Å²) < 4.78 is 1.71. The number of amides is 1. The lowest BCUT2D eigenvalue weighted by atomic mass is 10.2. The Balaban J connectivity index is 2.60. The molecule has 1 aromatic heterocycles. The van der Waals surface area contributed by atoms with E-state index in [0.717, 1.165) is 5.82 Å². The van der Waals surface area contributed by atoms with Gasteiger partial charge < -0.3 is 15.6 Å². The minimum absolute atomic E-state index is 0.0369. The van der Waals surface area contributed by atoms with Crippen LogP contribution in [0.5, 0.6) is 0 Å². The molecule has 1 unspecified atom stereocenters. The fourth-order valence-corrected chi connectivity index (χ4v) is 1.22. The van der Waals surface area contributed by atoms with Crippen LogP contribution in [0.15, 0.2) is 0 Å². The lowest BCUT2D eigenvalue weighted by molar-refractivity contribution is -0.119. The highest BCUT2D eigenvalue weighted by Crippen LogP contribution is 2.03. The number of nitrogen functional groups attached to an aromatic ring is 1. The lowest BCUT2D eigenvalue weighted by Crippen LogP contribution is -2.32. The van der Waals surface area contributed by atoms with Crippen molar-refractivity contribution in [3.05, 3.63) is 5.82 Å². The third-order valence-electron chi connectivity index (χ3n) is 1.94. The topological polar surface area (TPSA) is 85.8 Å². The highest BCUT2D eigenvalue weighted by atomic mass is 16.1. The maximum Gasteiger partial charge on any atom is 0.221 e. The summed E-state index contributed by atoms with van der Waals surface area (Å²) in [6, 6.07) is 0.0369. The van der Waals surface area contributed by atoms with Gasteiger partial charge in [0.25, 0.3) is 0 Å². The van der Waals surface area contributed by atoms with Crippen molar-refractivity contribution in [3.8, 4) is 0 Å². The van der Waals surface area contributed by atoms with Crippen molar-refractivity contribution in [1.82, 2.24) is 20.1 Å². The van der Waals surface area contributed by atoms with Gasteiger partial charge in [0.1, 0.15) is 5.82 Å². The average Bonchev–Trinajstić information content (AvgIpc) is 2.34. The molecule has 0 aliphatic heterocycles. The zero-order chi connectivity index (χ0) is 10.7. The normalized spacial score (nSPS) is 12.5. The zero-order valence-corrected chi connectivity index (χ0v) is 8.61. The molecule has 0 bridgehead atoms. The van der Waals surface area contributed by atoms with E-state index in [1.807, 2.05) is 6.92 Å². The molecule has 1 amide bonds. The highest BCUT2D eigenvalue weighted by Gasteiger charge is 2.10. The van der Waals surface area contributed by atoms with Crippen LogP contribution in [0.25, 0.3) is 0 Å². The van der Waals surface area contributed by atoms with Crippen molar-refractivity contribution in [2.24, 2.45) is 7.05 Å². The Hall–Kier alpha value is -1.59. The van der Waals surface area contributed by atoms with E-state index in [0.29, 0.717) is 12.4 Å². The Kier molecular flexibility index (Phi) is 3.06. The maximum absolute atomic E-state index is 10.8. The van der Waals surface area contributed by atoms with Gasteiger partial charge in [0.2, 0.25) is 11.9 Å². The predicted octanol–water partition coefficient (Wildman–Crippen LogP) is -0.536. The Morgan fingerprint density at radius 3 is 2.71 bits per heavy atom. The molecule has 0 fully saturated rings. The SMILES string of the molecule is CC(=O)NC(C)Cc1nnc(N)n1C. The van der Waals surface area contributed by atoms with E-state index in [2.05, 4.69) is 15.5 Å². The van der Waals surface area contributed by atoms with Crippen molar-refractivity contribution < 1.29 is 4.79 Å². The van der Waals surface area contributed by atoms with Gasteiger partial charge in [-0.15, -0.1) is 10.2 Å². The van der Waals surface area contributed by atoms with Crippen LogP contribution in [-0.2, 0) is 18.3 Å². The summed E-state index contributed by atoms with van der Waals surface area (Å²) in [5, 5.41) is 10.4. The van der Waals surface area contributed by atoms with E-state index >= 15 is 0 Å². The fourth-order valence-electron chi connectivity index (χ4n) is 1.22. The summed E-state index contributed by atoms with van der Waals surface area (Å²) >= 11 is 0. The summed E-state index contributed by atoms with van der Waals surface area (Å²) in [6.07, 6.45) is 0.625. The molecule has 0 spiro atoms. The molecule has 1 atom stereocenters. The number of carbonyl (C=O) groups excluding carboxylic acids is 1. The van der Waals surface area contributed by atoms with E-state index in [9.17, 15) is 4.79 Å². The van der Waals surface area contributed by atoms with Crippen molar-refractivity contribution in [2.75, 3.05) is 5.73 Å². The maximum atomic E-state index is 10.8. The molecule has 0 aromatic carbocycles. The molecule has 0 saturated heterocycles. The van der Waals surface area contributed by atoms with Gasteiger partial charge in [-0.2, -0.15) is 0 Å². The van der Waals surface area contributed by atoms with Crippen molar-refractivity contribution >= 4 is 11.9 Å². The standard InChI is InChI=1S/C8H15N5O/c1-5(10-6(2)14)4-7-11-12-8(9)13(7)3/h5H,4H2,1-3H3,(H2,9,12)(H,10,14). The summed E-state index contributed by atoms with van der Waals surface area (Å²) in [6.45, 7) is 3.40. The molecular weight excluding hydrogens is 182 g/mol. The smallest absolute Gasteiger partial charge is 0.221 e. The second kappa shape index (κ2) is 4.08. The molecule has 0 aliphatic carbocycles. The van der Waals surface area contributed by atoms with Crippen LogP contribution in [0.3, 0.4) is 0 Å². The first-order chi connectivity index (χ1) is 6.50. The molecule has 1 aromatic rings.